The first-order valence-electron chi connectivity index (χ1n) is 4.40. The molecule has 0 fully saturated rings. The number of carbonyl (C=O) groups excluding carboxylic acids is 1. The number of aromatic nitrogens is 3. The number of anilines is 1. The molecule has 0 aliphatic heterocycles. The predicted octanol–water partition coefficient (Wildman–Crippen LogP) is 0.637. The Morgan fingerprint density at radius 2 is 2.25 bits per heavy atom. The molecule has 0 saturated carbocycles. The zero-order valence-electron chi connectivity index (χ0n) is 8.18. The van der Waals surface area contributed by atoms with Crippen molar-refractivity contribution in [2.75, 3.05) is 5.73 Å². The van der Waals surface area contributed by atoms with E-state index >= 15 is 0 Å². The van der Waals surface area contributed by atoms with Gasteiger partial charge in [0.1, 0.15) is 6.33 Å². The maximum absolute atomic E-state index is 11.1. The van der Waals surface area contributed by atoms with Crippen molar-refractivity contribution in [3.8, 4) is 0 Å². The van der Waals surface area contributed by atoms with Crippen LogP contribution in [0.3, 0.4) is 0 Å². The largest absolute Gasteiger partial charge is 0.397 e. The molecular formula is C9H9N5OS. The Morgan fingerprint density at radius 1 is 1.44 bits per heavy atom. The number of aromatic amines is 1. The van der Waals surface area contributed by atoms with Gasteiger partial charge in [0.2, 0.25) is 0 Å². The van der Waals surface area contributed by atoms with E-state index in [9.17, 15) is 4.79 Å². The van der Waals surface area contributed by atoms with Crippen LogP contribution in [-0.4, -0.2) is 21.1 Å². The molecule has 1 aromatic carbocycles. The minimum atomic E-state index is -0.544. The van der Waals surface area contributed by atoms with E-state index < -0.39 is 5.91 Å². The molecule has 0 aliphatic rings. The van der Waals surface area contributed by atoms with Gasteiger partial charge < -0.3 is 11.5 Å². The molecule has 0 aliphatic carbocycles. The number of benzene rings is 1. The molecule has 6 nitrogen and oxygen atoms in total. The monoisotopic (exact) mass is 235 g/mol. The van der Waals surface area contributed by atoms with Crippen molar-refractivity contribution in [2.24, 2.45) is 5.73 Å². The molecule has 82 valence electrons. The molecule has 5 N–H and O–H groups in total. The Kier molecular flexibility index (Phi) is 2.78. The smallest absolute Gasteiger partial charge is 0.250 e. The van der Waals surface area contributed by atoms with E-state index in [0.717, 1.165) is 0 Å². The van der Waals surface area contributed by atoms with Gasteiger partial charge in [-0.1, -0.05) is 6.07 Å². The number of primary amides is 1. The maximum atomic E-state index is 11.1. The molecule has 0 atom stereocenters. The zero-order chi connectivity index (χ0) is 11.5. The lowest BCUT2D eigenvalue weighted by molar-refractivity contribution is 0.100. The van der Waals surface area contributed by atoms with Crippen molar-refractivity contribution < 1.29 is 4.79 Å². The summed E-state index contributed by atoms with van der Waals surface area (Å²) < 4.78 is 0. The lowest BCUT2D eigenvalue weighted by Gasteiger charge is -2.06. The fourth-order valence-electron chi connectivity index (χ4n) is 1.20. The van der Waals surface area contributed by atoms with Crippen molar-refractivity contribution >= 4 is 23.4 Å². The highest BCUT2D eigenvalue weighted by Gasteiger charge is 2.11. The van der Waals surface area contributed by atoms with Gasteiger partial charge in [-0.15, -0.1) is 0 Å². The second-order valence-electron chi connectivity index (χ2n) is 2.97. The van der Waals surface area contributed by atoms with E-state index in [2.05, 4.69) is 15.2 Å². The fourth-order valence-corrected chi connectivity index (χ4v) is 1.97. The molecule has 0 bridgehead atoms. The summed E-state index contributed by atoms with van der Waals surface area (Å²) in [4.78, 5) is 15.7. The summed E-state index contributed by atoms with van der Waals surface area (Å²) in [5.74, 6) is -0.544. The molecule has 2 aromatic rings. The number of amides is 1. The second kappa shape index (κ2) is 4.23. The van der Waals surface area contributed by atoms with Gasteiger partial charge in [-0.25, -0.2) is 4.98 Å². The molecule has 16 heavy (non-hydrogen) atoms. The van der Waals surface area contributed by atoms with E-state index in [1.54, 1.807) is 18.2 Å². The summed E-state index contributed by atoms with van der Waals surface area (Å²) in [7, 11) is 0. The fraction of sp³-hybridized carbons (Fsp3) is 0. The molecule has 1 aromatic heterocycles. The van der Waals surface area contributed by atoms with Gasteiger partial charge in [0, 0.05) is 4.90 Å². The van der Waals surface area contributed by atoms with Gasteiger partial charge in [0.15, 0.2) is 5.16 Å². The van der Waals surface area contributed by atoms with Crippen molar-refractivity contribution in [3.05, 3.63) is 30.1 Å². The lowest BCUT2D eigenvalue weighted by Crippen LogP contribution is -2.13. The molecule has 0 saturated heterocycles. The number of H-pyrrole nitrogens is 1. The Labute approximate surface area is 95.4 Å². The topological polar surface area (TPSA) is 111 Å². The highest BCUT2D eigenvalue weighted by Crippen LogP contribution is 2.31. The molecule has 2 rings (SSSR count). The summed E-state index contributed by atoms with van der Waals surface area (Å²) in [6.45, 7) is 0. The number of nitrogens with one attached hydrogen (secondary N) is 1. The molecule has 0 spiro atoms. The Hall–Kier alpha value is -2.02. The van der Waals surface area contributed by atoms with Gasteiger partial charge in [0.05, 0.1) is 11.3 Å². The van der Waals surface area contributed by atoms with Crippen molar-refractivity contribution in [3.63, 3.8) is 0 Å². The summed E-state index contributed by atoms with van der Waals surface area (Å²) >= 11 is 1.29. The number of carbonyl (C=O) groups is 1. The van der Waals surface area contributed by atoms with Crippen molar-refractivity contribution in [2.45, 2.75) is 10.1 Å². The first kappa shape index (κ1) is 10.5. The molecule has 0 unspecified atom stereocenters. The predicted molar refractivity (Wildman–Crippen MR) is 59.9 cm³/mol. The number of nitrogen functional groups attached to an aromatic ring is 1. The molecule has 0 radical (unpaired) electrons. The Morgan fingerprint density at radius 3 is 2.88 bits per heavy atom. The van der Waals surface area contributed by atoms with Crippen LogP contribution < -0.4 is 11.5 Å². The van der Waals surface area contributed by atoms with Gasteiger partial charge in [-0.2, -0.15) is 5.10 Å². The van der Waals surface area contributed by atoms with Crippen LogP contribution >= 0.6 is 11.8 Å². The molecule has 1 amide bonds. The normalized spacial score (nSPS) is 10.2. The summed E-state index contributed by atoms with van der Waals surface area (Å²) in [5.41, 5.74) is 11.7. The van der Waals surface area contributed by atoms with Crippen LogP contribution in [0.1, 0.15) is 10.4 Å². The van der Waals surface area contributed by atoms with E-state index in [-0.39, 0.29) is 0 Å². The van der Waals surface area contributed by atoms with E-state index in [4.69, 9.17) is 11.5 Å². The minimum Gasteiger partial charge on any atom is -0.397 e. The highest BCUT2D eigenvalue weighted by molar-refractivity contribution is 7.99. The van der Waals surface area contributed by atoms with Crippen LogP contribution in [0.4, 0.5) is 5.69 Å². The second-order valence-corrected chi connectivity index (χ2v) is 4.00. The van der Waals surface area contributed by atoms with Gasteiger partial charge >= 0.3 is 0 Å². The van der Waals surface area contributed by atoms with Gasteiger partial charge in [-0.05, 0) is 23.9 Å². The maximum Gasteiger partial charge on any atom is 0.250 e. The van der Waals surface area contributed by atoms with Crippen LogP contribution in [0.2, 0.25) is 0 Å². The number of hydrogen-bond acceptors (Lipinski definition) is 5. The van der Waals surface area contributed by atoms with E-state index in [1.165, 1.54) is 18.1 Å². The molecule has 1 heterocycles. The zero-order valence-corrected chi connectivity index (χ0v) is 8.99. The number of para-hydroxylation sites is 1. The van der Waals surface area contributed by atoms with Gasteiger partial charge in [0.25, 0.3) is 5.91 Å². The number of nitrogens with zero attached hydrogens (tertiary/aromatic N) is 2. The third kappa shape index (κ3) is 1.98. The van der Waals surface area contributed by atoms with E-state index in [1.807, 2.05) is 0 Å². The Bertz CT molecular complexity index is 511. The average molecular weight is 235 g/mol. The molecule has 7 heteroatoms. The number of nitrogens with two attached hydrogens (primary N) is 2. The van der Waals surface area contributed by atoms with Crippen LogP contribution in [0.5, 0.6) is 0 Å². The molecular weight excluding hydrogens is 226 g/mol. The van der Waals surface area contributed by atoms with Gasteiger partial charge in [-0.3, -0.25) is 9.89 Å². The summed E-state index contributed by atoms with van der Waals surface area (Å²) in [6.07, 6.45) is 1.40. The summed E-state index contributed by atoms with van der Waals surface area (Å²) in [5, 5.41) is 7.01. The summed E-state index contributed by atoms with van der Waals surface area (Å²) in [6, 6.07) is 5.09. The number of rotatable bonds is 3. The third-order valence-corrected chi connectivity index (χ3v) is 2.90. The lowest BCUT2D eigenvalue weighted by atomic mass is 10.2. The third-order valence-electron chi connectivity index (χ3n) is 1.93. The van der Waals surface area contributed by atoms with Crippen molar-refractivity contribution in [1.82, 2.24) is 15.2 Å². The van der Waals surface area contributed by atoms with E-state index in [0.29, 0.717) is 21.3 Å². The van der Waals surface area contributed by atoms with Crippen LogP contribution in [0, 0.1) is 0 Å². The van der Waals surface area contributed by atoms with Crippen molar-refractivity contribution in [1.29, 1.82) is 0 Å². The Balaban J connectivity index is 2.35. The van der Waals surface area contributed by atoms with Crippen LogP contribution in [0.25, 0.3) is 0 Å². The van der Waals surface area contributed by atoms with Crippen LogP contribution in [-0.2, 0) is 0 Å². The minimum absolute atomic E-state index is 0.310. The standard InChI is InChI=1S/C9H9N5OS/c10-7-5(8(11)15)2-1-3-6(7)16-9-12-4-13-14-9/h1-4H,10H2,(H2,11,15)(H,12,13,14). The first-order chi connectivity index (χ1) is 7.68. The highest BCUT2D eigenvalue weighted by atomic mass is 32.2. The number of hydrogen-bond donors (Lipinski definition) is 3. The first-order valence-corrected chi connectivity index (χ1v) is 5.21. The van der Waals surface area contributed by atoms with Crippen LogP contribution in [0.15, 0.2) is 34.6 Å². The SMILES string of the molecule is NC(=O)c1cccc(Sc2ncn[nH]2)c1N. The average Bonchev–Trinajstić information content (AvgIpc) is 2.73. The quantitative estimate of drug-likeness (QED) is 0.676.